The van der Waals surface area contributed by atoms with E-state index in [0.717, 1.165) is 25.7 Å². The van der Waals surface area contributed by atoms with Gasteiger partial charge in [0.15, 0.2) is 0 Å². The van der Waals surface area contributed by atoms with Crippen molar-refractivity contribution in [2.24, 2.45) is 11.7 Å². The Morgan fingerprint density at radius 2 is 2.00 bits per heavy atom. The molecule has 18 heavy (non-hydrogen) atoms. The first-order valence-corrected chi connectivity index (χ1v) is 7.26. The molecule has 1 aliphatic heterocycles. The number of hydrogen-bond acceptors (Lipinski definition) is 3. The van der Waals surface area contributed by atoms with Gasteiger partial charge in [-0.3, -0.25) is 10.2 Å². The number of carbonyl (C=O) groups is 1. The second-order valence-corrected chi connectivity index (χ2v) is 5.73. The van der Waals surface area contributed by atoms with E-state index in [4.69, 9.17) is 18.0 Å². The fourth-order valence-corrected chi connectivity index (χ4v) is 2.76. The van der Waals surface area contributed by atoms with E-state index in [-0.39, 0.29) is 11.8 Å². The zero-order valence-electron chi connectivity index (χ0n) is 11.6. The molecule has 3 unspecified atom stereocenters. The lowest BCUT2D eigenvalue weighted by atomic mass is 9.99. The quantitative estimate of drug-likeness (QED) is 0.751. The Hall–Kier alpha value is -0.680. The molecule has 1 fully saturated rings. The van der Waals surface area contributed by atoms with Crippen molar-refractivity contribution in [2.75, 3.05) is 0 Å². The summed E-state index contributed by atoms with van der Waals surface area (Å²) in [6.07, 6.45) is 5.09. The Morgan fingerprint density at radius 3 is 2.44 bits per heavy atom. The molecule has 104 valence electrons. The van der Waals surface area contributed by atoms with Crippen LogP contribution in [0.4, 0.5) is 0 Å². The van der Waals surface area contributed by atoms with Crippen LogP contribution in [0.5, 0.6) is 0 Å². The number of piperidine rings is 1. The van der Waals surface area contributed by atoms with Crippen LogP contribution in [0, 0.1) is 5.92 Å². The van der Waals surface area contributed by atoms with E-state index in [9.17, 15) is 4.79 Å². The summed E-state index contributed by atoms with van der Waals surface area (Å²) in [7, 11) is 0. The number of nitrogens with two attached hydrogens (primary N) is 1. The van der Waals surface area contributed by atoms with Gasteiger partial charge in [-0.2, -0.15) is 0 Å². The van der Waals surface area contributed by atoms with Gasteiger partial charge in [-0.05, 0) is 33.1 Å². The van der Waals surface area contributed by atoms with Crippen LogP contribution in [0.25, 0.3) is 0 Å². The Morgan fingerprint density at radius 1 is 1.44 bits per heavy atom. The highest BCUT2D eigenvalue weighted by Crippen LogP contribution is 2.20. The maximum absolute atomic E-state index is 12.2. The molecule has 0 aliphatic carbocycles. The highest BCUT2D eigenvalue weighted by molar-refractivity contribution is 7.80. The minimum absolute atomic E-state index is 0.0510. The van der Waals surface area contributed by atoms with Gasteiger partial charge in [0.1, 0.15) is 0 Å². The van der Waals surface area contributed by atoms with Gasteiger partial charge < -0.3 is 5.73 Å². The van der Waals surface area contributed by atoms with E-state index in [1.807, 2.05) is 6.92 Å². The van der Waals surface area contributed by atoms with E-state index in [2.05, 4.69) is 24.3 Å². The fraction of sp³-hybridized carbons (Fsp3) is 0.846. The van der Waals surface area contributed by atoms with Gasteiger partial charge in [-0.25, -0.2) is 5.01 Å². The summed E-state index contributed by atoms with van der Waals surface area (Å²) in [5, 5.41) is 2.06. The molecular weight excluding hydrogens is 246 g/mol. The Kier molecular flexibility index (Phi) is 6.02. The molecule has 1 aliphatic rings. The van der Waals surface area contributed by atoms with Crippen molar-refractivity contribution >= 4 is 23.1 Å². The largest absolute Gasteiger partial charge is 0.393 e. The predicted octanol–water partition coefficient (Wildman–Crippen LogP) is 1.98. The number of hydrogen-bond donors (Lipinski definition) is 2. The number of carbonyl (C=O) groups excluding carboxylic acids is 1. The summed E-state index contributed by atoms with van der Waals surface area (Å²) >= 11 is 4.98. The molecule has 1 rings (SSSR count). The molecule has 1 saturated heterocycles. The minimum atomic E-state index is -0.341. The second-order valence-electron chi connectivity index (χ2n) is 5.26. The zero-order chi connectivity index (χ0) is 13.7. The van der Waals surface area contributed by atoms with Crippen LogP contribution in [-0.4, -0.2) is 28.0 Å². The molecule has 1 amide bonds. The smallest absolute Gasteiger partial charge is 0.244 e. The molecule has 4 nitrogen and oxygen atoms in total. The van der Waals surface area contributed by atoms with Crippen molar-refractivity contribution in [3.05, 3.63) is 0 Å². The van der Waals surface area contributed by atoms with Crippen LogP contribution >= 0.6 is 12.2 Å². The molecule has 3 atom stereocenters. The number of nitrogens with one attached hydrogen (secondary N) is 1. The Balaban J connectivity index is 2.63. The highest BCUT2D eigenvalue weighted by atomic mass is 32.1. The molecule has 0 aromatic rings. The third-order valence-corrected chi connectivity index (χ3v) is 3.95. The van der Waals surface area contributed by atoms with Gasteiger partial charge in [0.2, 0.25) is 5.91 Å². The molecule has 0 aromatic heterocycles. The average Bonchev–Trinajstić information content (AvgIpc) is 2.30. The number of rotatable bonds is 5. The molecule has 0 saturated carbocycles. The molecule has 0 aromatic carbocycles. The summed E-state index contributed by atoms with van der Waals surface area (Å²) in [4.78, 5) is 12.5. The van der Waals surface area contributed by atoms with Gasteiger partial charge in [0.25, 0.3) is 0 Å². The number of amides is 1. The van der Waals surface area contributed by atoms with Gasteiger partial charge >= 0.3 is 0 Å². The number of nitrogens with zero attached hydrogens (tertiary/aromatic N) is 1. The Bertz CT molecular complexity index is 299. The van der Waals surface area contributed by atoms with E-state index in [1.165, 1.54) is 6.42 Å². The van der Waals surface area contributed by atoms with Crippen molar-refractivity contribution < 1.29 is 4.79 Å². The standard InChI is InChI=1S/C13H25N3OS/c1-4-6-11(12(14)18)13(17)15-16-9(2)7-5-8-10(16)3/h9-11H,4-8H2,1-3H3,(H2,14,18)(H,15,17). The predicted molar refractivity (Wildman–Crippen MR) is 77.9 cm³/mol. The van der Waals surface area contributed by atoms with Crippen molar-refractivity contribution in [2.45, 2.75) is 65.0 Å². The molecule has 0 bridgehead atoms. The molecule has 5 heteroatoms. The van der Waals surface area contributed by atoms with Crippen LogP contribution in [0.3, 0.4) is 0 Å². The third kappa shape index (κ3) is 3.92. The molecule has 3 N–H and O–H groups in total. The molecule has 0 radical (unpaired) electrons. The van der Waals surface area contributed by atoms with E-state index in [0.29, 0.717) is 17.1 Å². The van der Waals surface area contributed by atoms with Gasteiger partial charge in [-0.1, -0.05) is 32.0 Å². The van der Waals surface area contributed by atoms with Crippen LogP contribution in [0.2, 0.25) is 0 Å². The molecular formula is C13H25N3OS. The highest BCUT2D eigenvalue weighted by Gasteiger charge is 2.29. The lowest BCUT2D eigenvalue weighted by Gasteiger charge is -2.39. The lowest BCUT2D eigenvalue weighted by Crippen LogP contribution is -2.56. The summed E-state index contributed by atoms with van der Waals surface area (Å²) in [6.45, 7) is 6.32. The van der Waals surface area contributed by atoms with E-state index < -0.39 is 0 Å². The van der Waals surface area contributed by atoms with Crippen LogP contribution in [0.1, 0.15) is 52.9 Å². The van der Waals surface area contributed by atoms with E-state index in [1.54, 1.807) is 0 Å². The normalized spacial score (nSPS) is 26.6. The number of thiocarbonyl (C=S) groups is 1. The third-order valence-electron chi connectivity index (χ3n) is 3.67. The maximum Gasteiger partial charge on any atom is 0.244 e. The van der Waals surface area contributed by atoms with Gasteiger partial charge in [0, 0.05) is 12.1 Å². The first-order chi connectivity index (χ1) is 8.47. The monoisotopic (exact) mass is 271 g/mol. The Labute approximate surface area is 115 Å². The first-order valence-electron chi connectivity index (χ1n) is 6.85. The lowest BCUT2D eigenvalue weighted by molar-refractivity contribution is -0.131. The SMILES string of the molecule is CCCC(C(=O)NN1C(C)CCCC1C)C(N)=S. The summed E-state index contributed by atoms with van der Waals surface area (Å²) in [5.74, 6) is -0.392. The minimum Gasteiger partial charge on any atom is -0.393 e. The zero-order valence-corrected chi connectivity index (χ0v) is 12.4. The molecule has 1 heterocycles. The van der Waals surface area contributed by atoms with Crippen LogP contribution < -0.4 is 11.2 Å². The van der Waals surface area contributed by atoms with Crippen LogP contribution in [-0.2, 0) is 4.79 Å². The first kappa shape index (κ1) is 15.4. The van der Waals surface area contributed by atoms with Crippen molar-refractivity contribution in [3.63, 3.8) is 0 Å². The van der Waals surface area contributed by atoms with Gasteiger partial charge in [-0.15, -0.1) is 0 Å². The summed E-state index contributed by atoms with van der Waals surface area (Å²) in [5.41, 5.74) is 8.66. The van der Waals surface area contributed by atoms with Crippen molar-refractivity contribution in [3.8, 4) is 0 Å². The van der Waals surface area contributed by atoms with Crippen molar-refractivity contribution in [1.82, 2.24) is 10.4 Å². The fourth-order valence-electron chi connectivity index (χ4n) is 2.54. The van der Waals surface area contributed by atoms with E-state index >= 15 is 0 Å². The average molecular weight is 271 g/mol. The number of hydrazine groups is 1. The molecule has 0 spiro atoms. The van der Waals surface area contributed by atoms with Crippen LogP contribution in [0.15, 0.2) is 0 Å². The topological polar surface area (TPSA) is 58.4 Å². The van der Waals surface area contributed by atoms with Gasteiger partial charge in [0.05, 0.1) is 10.9 Å². The summed E-state index contributed by atoms with van der Waals surface area (Å²) < 4.78 is 0. The summed E-state index contributed by atoms with van der Waals surface area (Å²) in [6, 6.07) is 0.762. The van der Waals surface area contributed by atoms with Crippen molar-refractivity contribution in [1.29, 1.82) is 0 Å². The maximum atomic E-state index is 12.2. The second kappa shape index (κ2) is 7.04.